The first kappa shape index (κ1) is 21.6. The molecule has 0 fully saturated rings. The second-order valence-electron chi connectivity index (χ2n) is 6.65. The molecule has 0 saturated heterocycles. The van der Waals surface area contributed by atoms with Gasteiger partial charge in [-0.3, -0.25) is 0 Å². The van der Waals surface area contributed by atoms with Crippen LogP contribution in [0, 0.1) is 11.3 Å². The molecule has 1 aromatic heterocycles. The summed E-state index contributed by atoms with van der Waals surface area (Å²) in [5.41, 5.74) is 2.63. The molecule has 1 N–H and O–H groups in total. The van der Waals surface area contributed by atoms with Crippen molar-refractivity contribution in [2.24, 2.45) is 0 Å². The Bertz CT molecular complexity index is 1090. The predicted octanol–water partition coefficient (Wildman–Crippen LogP) is 2.10. The summed E-state index contributed by atoms with van der Waals surface area (Å²) in [6.45, 7) is 3.43. The Hall–Kier alpha value is -4.13. The van der Waals surface area contributed by atoms with Crippen LogP contribution in [-0.2, 0) is 25.7 Å². The molecule has 10 heteroatoms. The average Bonchev–Trinajstić information content (AvgIpc) is 3.24. The van der Waals surface area contributed by atoms with Crippen molar-refractivity contribution in [3.8, 4) is 11.8 Å². The number of nitriles is 1. The molecule has 1 aliphatic rings. The zero-order valence-corrected chi connectivity index (χ0v) is 17.4. The van der Waals surface area contributed by atoms with Gasteiger partial charge >= 0.3 is 11.9 Å². The smallest absolute Gasteiger partial charge is 0.336 e. The maximum Gasteiger partial charge on any atom is 0.336 e. The third-order valence-corrected chi connectivity index (χ3v) is 4.80. The number of ether oxygens (including phenoxy) is 3. The number of allylic oxidation sites excluding steroid dienone is 2. The Kier molecular flexibility index (Phi) is 6.35. The molecule has 2 heterocycles. The highest BCUT2D eigenvalue weighted by Crippen LogP contribution is 2.40. The quantitative estimate of drug-likeness (QED) is 0.686. The van der Waals surface area contributed by atoms with Crippen LogP contribution < -0.4 is 10.1 Å². The zero-order valence-electron chi connectivity index (χ0n) is 17.4. The summed E-state index contributed by atoms with van der Waals surface area (Å²) in [6, 6.07) is 8.76. The third-order valence-electron chi connectivity index (χ3n) is 4.80. The molecule has 31 heavy (non-hydrogen) atoms. The summed E-state index contributed by atoms with van der Waals surface area (Å²) < 4.78 is 20.2. The van der Waals surface area contributed by atoms with Crippen molar-refractivity contribution < 1.29 is 28.4 Å². The molecule has 0 spiro atoms. The number of hydrogen-bond acceptors (Lipinski definition) is 10. The number of nitrogens with zero attached hydrogens (tertiary/aromatic N) is 3. The topological polar surface area (TPSA) is 137 Å². The van der Waals surface area contributed by atoms with E-state index in [1.54, 1.807) is 38.1 Å². The normalized spacial score (nSPS) is 14.0. The first-order valence-electron chi connectivity index (χ1n) is 9.20. The SMILES string of the molecule is COC(=O)C1=C(C)NC(C)=C(C(=O)OC)C1c1cccc(OCc2nonc2C#N)c1. The number of hydrogen-bond donors (Lipinski definition) is 1. The van der Waals surface area contributed by atoms with Crippen LogP contribution in [0.25, 0.3) is 0 Å². The highest BCUT2D eigenvalue weighted by molar-refractivity contribution is 5.99. The molecular weight excluding hydrogens is 404 g/mol. The van der Waals surface area contributed by atoms with Crippen molar-refractivity contribution >= 4 is 11.9 Å². The summed E-state index contributed by atoms with van der Waals surface area (Å²) in [7, 11) is 2.56. The maximum absolute atomic E-state index is 12.6. The monoisotopic (exact) mass is 424 g/mol. The lowest BCUT2D eigenvalue weighted by molar-refractivity contribution is -0.137. The largest absolute Gasteiger partial charge is 0.487 e. The van der Waals surface area contributed by atoms with Gasteiger partial charge in [-0.05, 0) is 41.9 Å². The molecule has 0 atom stereocenters. The molecule has 1 aromatic carbocycles. The minimum Gasteiger partial charge on any atom is -0.487 e. The van der Waals surface area contributed by atoms with E-state index in [4.69, 9.17) is 19.5 Å². The van der Waals surface area contributed by atoms with Crippen molar-refractivity contribution in [3.05, 3.63) is 63.8 Å². The van der Waals surface area contributed by atoms with Gasteiger partial charge in [0.2, 0.25) is 5.69 Å². The van der Waals surface area contributed by atoms with E-state index in [2.05, 4.69) is 20.3 Å². The van der Waals surface area contributed by atoms with Gasteiger partial charge in [0.25, 0.3) is 0 Å². The highest BCUT2D eigenvalue weighted by Gasteiger charge is 2.37. The van der Waals surface area contributed by atoms with E-state index in [1.807, 2.05) is 6.07 Å². The molecule has 0 saturated carbocycles. The number of carbonyl (C=O) groups is 2. The van der Waals surface area contributed by atoms with E-state index in [0.717, 1.165) is 0 Å². The van der Waals surface area contributed by atoms with Gasteiger partial charge in [-0.2, -0.15) is 5.26 Å². The van der Waals surface area contributed by atoms with Gasteiger partial charge in [0.15, 0.2) is 5.69 Å². The van der Waals surface area contributed by atoms with Gasteiger partial charge in [0, 0.05) is 11.4 Å². The number of aromatic nitrogens is 2. The molecule has 10 nitrogen and oxygen atoms in total. The maximum atomic E-state index is 12.6. The Labute approximate surface area is 178 Å². The zero-order chi connectivity index (χ0) is 22.5. The van der Waals surface area contributed by atoms with Crippen molar-refractivity contribution in [1.82, 2.24) is 15.6 Å². The molecule has 160 valence electrons. The van der Waals surface area contributed by atoms with E-state index < -0.39 is 17.9 Å². The highest BCUT2D eigenvalue weighted by atomic mass is 16.6. The van der Waals surface area contributed by atoms with Crippen molar-refractivity contribution in [3.63, 3.8) is 0 Å². The first-order valence-corrected chi connectivity index (χ1v) is 9.20. The minimum absolute atomic E-state index is 0.0348. The second kappa shape index (κ2) is 9.13. The van der Waals surface area contributed by atoms with E-state index in [9.17, 15) is 9.59 Å². The number of esters is 2. The van der Waals surface area contributed by atoms with Crippen LogP contribution >= 0.6 is 0 Å². The van der Waals surface area contributed by atoms with Crippen LogP contribution in [0.5, 0.6) is 5.75 Å². The third kappa shape index (κ3) is 4.25. The molecule has 3 rings (SSSR count). The lowest BCUT2D eigenvalue weighted by atomic mass is 9.80. The van der Waals surface area contributed by atoms with E-state index in [0.29, 0.717) is 22.7 Å². The van der Waals surface area contributed by atoms with E-state index >= 15 is 0 Å². The Morgan fingerprint density at radius 2 is 1.77 bits per heavy atom. The molecule has 0 bridgehead atoms. The van der Waals surface area contributed by atoms with Gasteiger partial charge < -0.3 is 19.5 Å². The first-order chi connectivity index (χ1) is 14.9. The standard InChI is InChI=1S/C21H20N4O6/c1-11-17(20(26)28-3)19(18(12(2)23-11)21(27)29-4)13-6-5-7-14(8-13)30-10-16-15(9-22)24-31-25-16/h5-8,19,23H,10H2,1-4H3. The molecule has 0 amide bonds. The number of rotatable bonds is 6. The number of carbonyl (C=O) groups excluding carboxylic acids is 2. The Morgan fingerprint density at radius 3 is 2.35 bits per heavy atom. The number of methoxy groups -OCH3 is 2. The fourth-order valence-electron chi connectivity index (χ4n) is 3.41. The number of dihydropyridines is 1. The lowest BCUT2D eigenvalue weighted by Crippen LogP contribution is -2.32. The van der Waals surface area contributed by atoms with E-state index in [-0.39, 0.29) is 29.1 Å². The molecule has 2 aromatic rings. The van der Waals surface area contributed by atoms with Gasteiger partial charge in [-0.25, -0.2) is 14.2 Å². The number of benzene rings is 1. The van der Waals surface area contributed by atoms with Crippen LogP contribution in [0.15, 0.2) is 51.4 Å². The summed E-state index contributed by atoms with van der Waals surface area (Å²) in [4.78, 5) is 25.2. The van der Waals surface area contributed by atoms with Crippen LogP contribution in [0.2, 0.25) is 0 Å². The van der Waals surface area contributed by atoms with Gasteiger partial charge in [0.05, 0.1) is 31.3 Å². The van der Waals surface area contributed by atoms with Crippen molar-refractivity contribution in [2.45, 2.75) is 26.4 Å². The predicted molar refractivity (Wildman–Crippen MR) is 105 cm³/mol. The van der Waals surface area contributed by atoms with Gasteiger partial charge in [-0.1, -0.05) is 12.1 Å². The van der Waals surface area contributed by atoms with Crippen LogP contribution in [0.1, 0.15) is 36.7 Å². The molecular formula is C21H20N4O6. The van der Waals surface area contributed by atoms with Crippen LogP contribution in [0.4, 0.5) is 0 Å². The van der Waals surface area contributed by atoms with Crippen molar-refractivity contribution in [1.29, 1.82) is 5.26 Å². The van der Waals surface area contributed by atoms with Crippen molar-refractivity contribution in [2.75, 3.05) is 14.2 Å². The molecule has 0 unspecified atom stereocenters. The number of nitrogens with one attached hydrogen (secondary N) is 1. The Morgan fingerprint density at radius 1 is 1.13 bits per heavy atom. The van der Waals surface area contributed by atoms with Crippen LogP contribution in [-0.4, -0.2) is 36.5 Å². The van der Waals surface area contributed by atoms with Gasteiger partial charge in [0.1, 0.15) is 18.4 Å². The second-order valence-corrected chi connectivity index (χ2v) is 6.65. The fourth-order valence-corrected chi connectivity index (χ4v) is 3.41. The summed E-state index contributed by atoms with van der Waals surface area (Å²) in [6.07, 6.45) is 0. The molecule has 0 aliphatic carbocycles. The lowest BCUT2D eigenvalue weighted by Gasteiger charge is -2.30. The Balaban J connectivity index is 2.01. The summed E-state index contributed by atoms with van der Waals surface area (Å²) in [5, 5.41) is 19.2. The molecule has 0 radical (unpaired) electrons. The van der Waals surface area contributed by atoms with Gasteiger partial charge in [-0.15, -0.1) is 0 Å². The average molecular weight is 424 g/mol. The molecule has 1 aliphatic heterocycles. The fraction of sp³-hybridized carbons (Fsp3) is 0.286. The summed E-state index contributed by atoms with van der Waals surface area (Å²) in [5.74, 6) is -1.43. The minimum atomic E-state index is -0.729. The van der Waals surface area contributed by atoms with Crippen LogP contribution in [0.3, 0.4) is 0 Å². The van der Waals surface area contributed by atoms with E-state index in [1.165, 1.54) is 14.2 Å². The summed E-state index contributed by atoms with van der Waals surface area (Å²) >= 11 is 0.